The number of benzene rings is 2. The van der Waals surface area contributed by atoms with E-state index in [4.69, 9.17) is 9.47 Å². The highest BCUT2D eigenvalue weighted by Gasteiger charge is 2.16. The summed E-state index contributed by atoms with van der Waals surface area (Å²) in [4.78, 5) is 35.6. The summed E-state index contributed by atoms with van der Waals surface area (Å²) in [6.07, 6.45) is 0. The molecule has 0 saturated carbocycles. The molecule has 0 saturated heterocycles. The molecule has 0 spiro atoms. The fourth-order valence-corrected chi connectivity index (χ4v) is 2.13. The van der Waals surface area contributed by atoms with Crippen LogP contribution in [0, 0.1) is 0 Å². The molecule has 2 amide bonds. The van der Waals surface area contributed by atoms with Crippen LogP contribution in [0.3, 0.4) is 0 Å². The summed E-state index contributed by atoms with van der Waals surface area (Å²) < 4.78 is 10.7. The molecule has 6 nitrogen and oxygen atoms in total. The van der Waals surface area contributed by atoms with Crippen molar-refractivity contribution in [2.45, 2.75) is 0 Å². The average molecular weight is 392 g/mol. The number of hydrogen-bond donors (Lipinski definition) is 1. The third kappa shape index (κ3) is 4.66. The number of amides is 2. The van der Waals surface area contributed by atoms with Crippen LogP contribution in [0.4, 0.5) is 0 Å². The van der Waals surface area contributed by atoms with Crippen LogP contribution in [0.15, 0.2) is 53.0 Å². The largest absolute Gasteiger partial charge is 0.496 e. The van der Waals surface area contributed by atoms with E-state index in [1.807, 2.05) is 0 Å². The van der Waals surface area contributed by atoms with Gasteiger partial charge in [0.05, 0.1) is 18.2 Å². The van der Waals surface area contributed by atoms with E-state index in [0.29, 0.717) is 11.3 Å². The molecule has 0 atom stereocenters. The Bertz CT molecular complexity index is 758. The maximum absolute atomic E-state index is 12.0. The van der Waals surface area contributed by atoms with E-state index in [1.54, 1.807) is 42.5 Å². The predicted octanol–water partition coefficient (Wildman–Crippen LogP) is 2.57. The lowest BCUT2D eigenvalue weighted by Gasteiger charge is -2.08. The number of ether oxygens (including phenoxy) is 2. The van der Waals surface area contributed by atoms with Gasteiger partial charge in [-0.2, -0.15) is 0 Å². The Hall–Kier alpha value is -2.67. The summed E-state index contributed by atoms with van der Waals surface area (Å²) in [7, 11) is 1.42. The standard InChI is InChI=1S/C17H14BrNO5/c1-23-14-5-3-2-4-13(14)16(21)19-15(20)10-24-17(22)11-6-8-12(18)9-7-11/h2-9H,10H2,1H3,(H,19,20,21). The average Bonchev–Trinajstić information content (AvgIpc) is 2.60. The number of imide groups is 1. The second-order valence-electron chi connectivity index (χ2n) is 4.66. The quantitative estimate of drug-likeness (QED) is 0.792. The Balaban J connectivity index is 1.90. The minimum Gasteiger partial charge on any atom is -0.496 e. The van der Waals surface area contributed by atoms with Crippen molar-refractivity contribution in [2.24, 2.45) is 0 Å². The number of methoxy groups -OCH3 is 1. The number of rotatable bonds is 5. The van der Waals surface area contributed by atoms with Crippen LogP contribution in [0.25, 0.3) is 0 Å². The summed E-state index contributed by atoms with van der Waals surface area (Å²) in [6.45, 7) is -0.560. The molecule has 2 aromatic rings. The molecule has 0 fully saturated rings. The molecule has 0 aliphatic heterocycles. The van der Waals surface area contributed by atoms with Gasteiger partial charge in [-0.05, 0) is 36.4 Å². The van der Waals surface area contributed by atoms with E-state index < -0.39 is 24.4 Å². The van der Waals surface area contributed by atoms with Crippen molar-refractivity contribution in [3.63, 3.8) is 0 Å². The summed E-state index contributed by atoms with van der Waals surface area (Å²) in [5.74, 6) is -1.66. The van der Waals surface area contributed by atoms with E-state index in [1.165, 1.54) is 13.2 Å². The molecule has 1 N–H and O–H groups in total. The predicted molar refractivity (Wildman–Crippen MR) is 89.9 cm³/mol. The first-order valence-electron chi connectivity index (χ1n) is 6.91. The number of para-hydroxylation sites is 1. The fraction of sp³-hybridized carbons (Fsp3) is 0.118. The summed E-state index contributed by atoms with van der Waals surface area (Å²) in [5.41, 5.74) is 0.523. The van der Waals surface area contributed by atoms with Crippen LogP contribution < -0.4 is 10.1 Å². The topological polar surface area (TPSA) is 81.7 Å². The van der Waals surface area contributed by atoms with Crippen LogP contribution in [0.2, 0.25) is 0 Å². The highest BCUT2D eigenvalue weighted by Crippen LogP contribution is 2.16. The van der Waals surface area contributed by atoms with Gasteiger partial charge in [0.1, 0.15) is 5.75 Å². The van der Waals surface area contributed by atoms with Crippen molar-refractivity contribution in [1.82, 2.24) is 5.32 Å². The van der Waals surface area contributed by atoms with Crippen LogP contribution in [-0.4, -0.2) is 31.5 Å². The van der Waals surface area contributed by atoms with Gasteiger partial charge in [0, 0.05) is 4.47 Å². The van der Waals surface area contributed by atoms with Gasteiger partial charge in [-0.25, -0.2) is 4.79 Å². The number of halogens is 1. The molecular weight excluding hydrogens is 378 g/mol. The van der Waals surface area contributed by atoms with Crippen LogP contribution >= 0.6 is 15.9 Å². The summed E-state index contributed by atoms with van der Waals surface area (Å²) >= 11 is 3.25. The smallest absolute Gasteiger partial charge is 0.338 e. The first-order chi connectivity index (χ1) is 11.5. The van der Waals surface area contributed by atoms with Crippen molar-refractivity contribution < 1.29 is 23.9 Å². The molecule has 2 rings (SSSR count). The second kappa shape index (κ2) is 8.26. The SMILES string of the molecule is COc1ccccc1C(=O)NC(=O)COC(=O)c1ccc(Br)cc1. The lowest BCUT2D eigenvalue weighted by atomic mass is 10.2. The number of esters is 1. The summed E-state index contributed by atoms with van der Waals surface area (Å²) in [5, 5.41) is 2.14. The van der Waals surface area contributed by atoms with E-state index in [9.17, 15) is 14.4 Å². The minimum atomic E-state index is -0.726. The highest BCUT2D eigenvalue weighted by molar-refractivity contribution is 9.10. The molecule has 0 heterocycles. The van der Waals surface area contributed by atoms with Gasteiger partial charge in [0.2, 0.25) is 0 Å². The van der Waals surface area contributed by atoms with E-state index >= 15 is 0 Å². The van der Waals surface area contributed by atoms with Crippen molar-refractivity contribution in [1.29, 1.82) is 0 Å². The first-order valence-corrected chi connectivity index (χ1v) is 7.70. The highest BCUT2D eigenvalue weighted by atomic mass is 79.9. The van der Waals surface area contributed by atoms with Crippen molar-refractivity contribution in [3.8, 4) is 5.75 Å². The van der Waals surface area contributed by atoms with Gasteiger partial charge < -0.3 is 9.47 Å². The zero-order chi connectivity index (χ0) is 17.5. The molecule has 124 valence electrons. The Labute approximate surface area is 146 Å². The van der Waals surface area contributed by atoms with Crippen molar-refractivity contribution in [3.05, 3.63) is 64.1 Å². The maximum Gasteiger partial charge on any atom is 0.338 e. The fourth-order valence-electron chi connectivity index (χ4n) is 1.86. The number of nitrogens with one attached hydrogen (secondary N) is 1. The number of carbonyl (C=O) groups is 3. The Kier molecular flexibility index (Phi) is 6.08. The third-order valence-electron chi connectivity index (χ3n) is 3.02. The van der Waals surface area contributed by atoms with Crippen molar-refractivity contribution >= 4 is 33.7 Å². The second-order valence-corrected chi connectivity index (χ2v) is 5.58. The maximum atomic E-state index is 12.0. The Morgan fingerprint density at radius 2 is 1.71 bits per heavy atom. The van der Waals surface area contributed by atoms with Crippen molar-refractivity contribution in [2.75, 3.05) is 13.7 Å². The van der Waals surface area contributed by atoms with Gasteiger partial charge in [-0.1, -0.05) is 28.1 Å². The lowest BCUT2D eigenvalue weighted by molar-refractivity contribution is -0.123. The Morgan fingerprint density at radius 1 is 1.04 bits per heavy atom. The molecule has 2 aromatic carbocycles. The molecule has 7 heteroatoms. The third-order valence-corrected chi connectivity index (χ3v) is 3.55. The molecule has 24 heavy (non-hydrogen) atoms. The zero-order valence-electron chi connectivity index (χ0n) is 12.7. The first kappa shape index (κ1) is 17.7. The van der Waals surface area contributed by atoms with Crippen LogP contribution in [-0.2, 0) is 9.53 Å². The Morgan fingerprint density at radius 3 is 2.38 bits per heavy atom. The van der Waals surface area contributed by atoms with Gasteiger partial charge in [-0.15, -0.1) is 0 Å². The van der Waals surface area contributed by atoms with E-state index in [2.05, 4.69) is 21.2 Å². The molecule has 0 bridgehead atoms. The van der Waals surface area contributed by atoms with Crippen LogP contribution in [0.5, 0.6) is 5.75 Å². The molecule has 0 aromatic heterocycles. The lowest BCUT2D eigenvalue weighted by Crippen LogP contribution is -2.34. The monoisotopic (exact) mass is 391 g/mol. The van der Waals surface area contributed by atoms with Gasteiger partial charge in [0.25, 0.3) is 11.8 Å². The molecule has 0 aliphatic carbocycles. The van der Waals surface area contributed by atoms with Gasteiger partial charge in [-0.3, -0.25) is 14.9 Å². The van der Waals surface area contributed by atoms with Gasteiger partial charge >= 0.3 is 5.97 Å². The normalized spacial score (nSPS) is 9.92. The molecule has 0 unspecified atom stereocenters. The van der Waals surface area contributed by atoms with Crippen LogP contribution in [0.1, 0.15) is 20.7 Å². The number of hydrogen-bond acceptors (Lipinski definition) is 5. The number of carbonyl (C=O) groups excluding carboxylic acids is 3. The van der Waals surface area contributed by atoms with E-state index in [-0.39, 0.29) is 5.56 Å². The molecule has 0 aliphatic rings. The summed E-state index contributed by atoms with van der Waals surface area (Å²) in [6, 6.07) is 13.0. The van der Waals surface area contributed by atoms with E-state index in [0.717, 1.165) is 4.47 Å². The minimum absolute atomic E-state index is 0.215. The zero-order valence-corrected chi connectivity index (χ0v) is 14.3. The molecule has 0 radical (unpaired) electrons. The van der Waals surface area contributed by atoms with Gasteiger partial charge in [0.15, 0.2) is 6.61 Å². The molecular formula is C17H14BrNO5.